The Morgan fingerprint density at radius 2 is 1.26 bits per heavy atom. The molecule has 0 atom stereocenters. The third-order valence-corrected chi connectivity index (χ3v) is 2.97. The Bertz CT molecular complexity index is 635. The minimum atomic E-state index is -0.325. The van der Waals surface area contributed by atoms with Gasteiger partial charge < -0.3 is 5.73 Å². The van der Waals surface area contributed by atoms with E-state index in [1.54, 1.807) is 48.5 Å². The van der Waals surface area contributed by atoms with Crippen LogP contribution < -0.4 is 10.6 Å². The first-order chi connectivity index (χ1) is 8.70. The summed E-state index contributed by atoms with van der Waals surface area (Å²) < 4.78 is 0. The molecule has 19 heavy (non-hydrogen) atoms. The van der Waals surface area contributed by atoms with Crippen LogP contribution in [0.15, 0.2) is 48.5 Å². The number of para-hydroxylation sites is 2. The van der Waals surface area contributed by atoms with Crippen LogP contribution in [0.5, 0.6) is 0 Å². The van der Waals surface area contributed by atoms with E-state index in [1.165, 1.54) is 0 Å². The van der Waals surface area contributed by atoms with Gasteiger partial charge in [-0.3, -0.25) is 9.59 Å². The number of hydrogen-bond acceptors (Lipinski definition) is 3. The van der Waals surface area contributed by atoms with Gasteiger partial charge in [-0.25, -0.2) is 4.90 Å². The van der Waals surface area contributed by atoms with Crippen molar-refractivity contribution in [1.82, 2.24) is 0 Å². The van der Waals surface area contributed by atoms with Crippen molar-refractivity contribution < 1.29 is 9.59 Å². The van der Waals surface area contributed by atoms with Gasteiger partial charge in [-0.05, 0) is 24.3 Å². The Hall–Kier alpha value is -2.33. The molecule has 5 heteroatoms. The van der Waals surface area contributed by atoms with Crippen molar-refractivity contribution >= 4 is 35.6 Å². The van der Waals surface area contributed by atoms with Crippen LogP contribution in [0.3, 0.4) is 0 Å². The maximum atomic E-state index is 12.2. The van der Waals surface area contributed by atoms with E-state index in [0.29, 0.717) is 22.5 Å². The molecule has 0 fully saturated rings. The van der Waals surface area contributed by atoms with Crippen LogP contribution in [-0.4, -0.2) is 11.8 Å². The van der Waals surface area contributed by atoms with E-state index in [-0.39, 0.29) is 24.2 Å². The molecule has 0 bridgehead atoms. The number of halogens is 1. The molecule has 96 valence electrons. The molecule has 1 aliphatic heterocycles. The first-order valence-electron chi connectivity index (χ1n) is 5.52. The quantitative estimate of drug-likeness (QED) is 0.642. The summed E-state index contributed by atoms with van der Waals surface area (Å²) >= 11 is 0. The van der Waals surface area contributed by atoms with Crippen molar-refractivity contribution in [2.24, 2.45) is 0 Å². The van der Waals surface area contributed by atoms with Crippen molar-refractivity contribution in [3.05, 3.63) is 59.7 Å². The predicted octanol–water partition coefficient (Wildman–Crippen LogP) is 2.49. The zero-order valence-corrected chi connectivity index (χ0v) is 10.7. The minimum absolute atomic E-state index is 0. The van der Waals surface area contributed by atoms with Crippen LogP contribution in [0.2, 0.25) is 0 Å². The molecule has 0 saturated carbocycles. The van der Waals surface area contributed by atoms with E-state index in [4.69, 9.17) is 5.73 Å². The molecule has 2 amide bonds. The molecular formula is C14H11ClN2O2. The van der Waals surface area contributed by atoms with E-state index in [9.17, 15) is 9.59 Å². The number of nitrogens with zero attached hydrogens (tertiary/aromatic N) is 1. The number of nitrogens with two attached hydrogens (primary N) is 1. The number of carbonyl (C=O) groups is 2. The fourth-order valence-electron chi connectivity index (χ4n) is 2.10. The van der Waals surface area contributed by atoms with Crippen molar-refractivity contribution in [2.45, 2.75) is 0 Å². The molecule has 1 heterocycles. The number of benzene rings is 2. The summed E-state index contributed by atoms with van der Waals surface area (Å²) in [6.07, 6.45) is 0. The van der Waals surface area contributed by atoms with E-state index in [0.717, 1.165) is 4.90 Å². The van der Waals surface area contributed by atoms with Gasteiger partial charge in [0.2, 0.25) is 0 Å². The number of hydrogen-bond donors (Lipinski definition) is 1. The molecule has 0 radical (unpaired) electrons. The summed E-state index contributed by atoms with van der Waals surface area (Å²) in [6, 6.07) is 13.6. The van der Waals surface area contributed by atoms with Gasteiger partial charge in [-0.1, -0.05) is 24.3 Å². The smallest absolute Gasteiger partial charge is 0.266 e. The van der Waals surface area contributed by atoms with Gasteiger partial charge in [0.05, 0.1) is 22.5 Å². The zero-order valence-electron chi connectivity index (χ0n) is 9.87. The molecule has 0 saturated heterocycles. The Morgan fingerprint density at radius 1 is 0.789 bits per heavy atom. The third-order valence-electron chi connectivity index (χ3n) is 2.97. The number of nitrogen functional groups attached to an aromatic ring is 1. The highest BCUT2D eigenvalue weighted by molar-refractivity contribution is 6.35. The lowest BCUT2D eigenvalue weighted by Crippen LogP contribution is -2.30. The van der Waals surface area contributed by atoms with E-state index in [1.807, 2.05) is 0 Å². The van der Waals surface area contributed by atoms with Gasteiger partial charge >= 0.3 is 0 Å². The van der Waals surface area contributed by atoms with E-state index >= 15 is 0 Å². The van der Waals surface area contributed by atoms with Gasteiger partial charge in [0, 0.05) is 0 Å². The summed E-state index contributed by atoms with van der Waals surface area (Å²) in [4.78, 5) is 25.5. The molecule has 4 nitrogen and oxygen atoms in total. The maximum absolute atomic E-state index is 12.2. The van der Waals surface area contributed by atoms with E-state index in [2.05, 4.69) is 0 Å². The van der Waals surface area contributed by atoms with Crippen molar-refractivity contribution in [3.8, 4) is 0 Å². The molecule has 1 aliphatic rings. The Morgan fingerprint density at radius 3 is 1.79 bits per heavy atom. The molecule has 2 N–H and O–H groups in total. The highest BCUT2D eigenvalue weighted by Gasteiger charge is 2.36. The molecule has 3 rings (SSSR count). The second-order valence-electron chi connectivity index (χ2n) is 4.05. The third kappa shape index (κ3) is 1.86. The zero-order chi connectivity index (χ0) is 12.7. The topological polar surface area (TPSA) is 63.4 Å². The number of imide groups is 1. The second-order valence-corrected chi connectivity index (χ2v) is 4.05. The molecule has 0 aromatic heterocycles. The van der Waals surface area contributed by atoms with Crippen LogP contribution in [0, 0.1) is 0 Å². The van der Waals surface area contributed by atoms with Crippen LogP contribution >= 0.6 is 12.4 Å². The molecule has 0 aliphatic carbocycles. The van der Waals surface area contributed by atoms with Gasteiger partial charge in [0.15, 0.2) is 0 Å². The largest absolute Gasteiger partial charge is 0.397 e. The highest BCUT2D eigenvalue weighted by atomic mass is 35.5. The number of carbonyl (C=O) groups excluding carboxylic acids is 2. The Kier molecular flexibility index (Phi) is 3.27. The number of rotatable bonds is 1. The average Bonchev–Trinajstić information content (AvgIpc) is 2.64. The molecular weight excluding hydrogens is 264 g/mol. The van der Waals surface area contributed by atoms with Crippen LogP contribution in [0.1, 0.15) is 20.7 Å². The fourth-order valence-corrected chi connectivity index (χ4v) is 2.10. The first kappa shape index (κ1) is 13.1. The van der Waals surface area contributed by atoms with E-state index < -0.39 is 0 Å². The SMILES string of the molecule is Cl.Nc1ccccc1N1C(=O)c2ccccc2C1=O. The summed E-state index contributed by atoms with van der Waals surface area (Å²) in [6.45, 7) is 0. The normalized spacial score (nSPS) is 13.2. The summed E-state index contributed by atoms with van der Waals surface area (Å²) in [5.74, 6) is -0.651. The standard InChI is InChI=1S/C14H10N2O2.ClH/c15-11-7-3-4-8-12(11)16-13(17)9-5-1-2-6-10(9)14(16)18;/h1-8H,15H2;1H. The van der Waals surface area contributed by atoms with Crippen molar-refractivity contribution in [3.63, 3.8) is 0 Å². The van der Waals surface area contributed by atoms with Gasteiger partial charge in [-0.15, -0.1) is 12.4 Å². The minimum Gasteiger partial charge on any atom is -0.397 e. The number of amides is 2. The summed E-state index contributed by atoms with van der Waals surface area (Å²) in [5.41, 5.74) is 7.50. The Labute approximate surface area is 116 Å². The lowest BCUT2D eigenvalue weighted by atomic mass is 10.1. The summed E-state index contributed by atoms with van der Waals surface area (Å²) in [7, 11) is 0. The van der Waals surface area contributed by atoms with Gasteiger partial charge in [0.1, 0.15) is 0 Å². The van der Waals surface area contributed by atoms with Crippen LogP contribution in [-0.2, 0) is 0 Å². The van der Waals surface area contributed by atoms with Crippen LogP contribution in [0.25, 0.3) is 0 Å². The monoisotopic (exact) mass is 274 g/mol. The summed E-state index contributed by atoms with van der Waals surface area (Å²) in [5, 5.41) is 0. The van der Waals surface area contributed by atoms with Gasteiger partial charge in [0.25, 0.3) is 11.8 Å². The second kappa shape index (κ2) is 4.74. The molecule has 2 aromatic carbocycles. The molecule has 0 unspecified atom stereocenters. The first-order valence-corrected chi connectivity index (χ1v) is 5.52. The van der Waals surface area contributed by atoms with Gasteiger partial charge in [-0.2, -0.15) is 0 Å². The Balaban J connectivity index is 0.00000133. The number of fused-ring (bicyclic) bond motifs is 1. The lowest BCUT2D eigenvalue weighted by Gasteiger charge is -2.15. The molecule has 2 aromatic rings. The highest BCUT2D eigenvalue weighted by Crippen LogP contribution is 2.31. The molecule has 0 spiro atoms. The average molecular weight is 275 g/mol. The number of anilines is 2. The van der Waals surface area contributed by atoms with Crippen LogP contribution in [0.4, 0.5) is 11.4 Å². The fraction of sp³-hybridized carbons (Fsp3) is 0. The van der Waals surface area contributed by atoms with Crippen molar-refractivity contribution in [1.29, 1.82) is 0 Å². The lowest BCUT2D eigenvalue weighted by molar-refractivity contribution is 0.0926. The maximum Gasteiger partial charge on any atom is 0.266 e. The predicted molar refractivity (Wildman–Crippen MR) is 75.7 cm³/mol. The van der Waals surface area contributed by atoms with Crippen molar-refractivity contribution in [2.75, 3.05) is 10.6 Å².